The number of ether oxygens (including phenoxy) is 1. The first-order chi connectivity index (χ1) is 15.5. The molecule has 2 fully saturated rings. The number of aryl methyl sites for hydroxylation is 1. The minimum atomic E-state index is -0.0781. The molecule has 2 aromatic rings. The molecule has 1 aromatic heterocycles. The Kier molecular flexibility index (Phi) is 7.46. The third kappa shape index (κ3) is 5.32. The van der Waals surface area contributed by atoms with Crippen LogP contribution in [0, 0.1) is 19.8 Å². The highest BCUT2D eigenvalue weighted by Crippen LogP contribution is 2.36. The Morgan fingerprint density at radius 2 is 1.66 bits per heavy atom. The van der Waals surface area contributed by atoms with E-state index in [0.29, 0.717) is 19.2 Å². The SMILES string of the molecule is Cc1cc(C(=O)CN2CCCCC2)c(C)n1C1CCC(C(=O)OCc2ccccc2)CC1. The first kappa shape index (κ1) is 22.8. The number of esters is 1. The molecule has 0 atom stereocenters. The van der Waals surface area contributed by atoms with Gasteiger partial charge in [-0.3, -0.25) is 14.5 Å². The summed E-state index contributed by atoms with van der Waals surface area (Å²) < 4.78 is 7.91. The number of Topliss-reactive ketones (excluding diaryl/α,β-unsaturated/α-hetero) is 1. The first-order valence-electron chi connectivity index (χ1n) is 12.2. The van der Waals surface area contributed by atoms with Crippen LogP contribution in [0.5, 0.6) is 0 Å². The van der Waals surface area contributed by atoms with Crippen molar-refractivity contribution in [3.63, 3.8) is 0 Å². The molecule has 0 bridgehead atoms. The van der Waals surface area contributed by atoms with Gasteiger partial charge in [-0.05, 0) is 77.1 Å². The fourth-order valence-electron chi connectivity index (χ4n) is 5.44. The molecule has 5 nitrogen and oxygen atoms in total. The molecule has 1 aliphatic carbocycles. The zero-order valence-corrected chi connectivity index (χ0v) is 19.5. The summed E-state index contributed by atoms with van der Waals surface area (Å²) in [6.07, 6.45) is 7.25. The van der Waals surface area contributed by atoms with Gasteiger partial charge in [0, 0.05) is 23.0 Å². The van der Waals surface area contributed by atoms with Crippen LogP contribution in [0.3, 0.4) is 0 Å². The van der Waals surface area contributed by atoms with Crippen molar-refractivity contribution < 1.29 is 14.3 Å². The van der Waals surface area contributed by atoms with Gasteiger partial charge >= 0.3 is 5.97 Å². The van der Waals surface area contributed by atoms with Crippen molar-refractivity contribution in [1.82, 2.24) is 9.47 Å². The molecule has 5 heteroatoms. The van der Waals surface area contributed by atoms with Crippen LogP contribution in [0.25, 0.3) is 0 Å². The Morgan fingerprint density at radius 3 is 2.34 bits per heavy atom. The van der Waals surface area contributed by atoms with Gasteiger partial charge in [0.2, 0.25) is 0 Å². The molecule has 2 aliphatic rings. The summed E-state index contributed by atoms with van der Waals surface area (Å²) in [6.45, 7) is 7.13. The Hall–Kier alpha value is -2.40. The molecule has 0 unspecified atom stereocenters. The fourth-order valence-corrected chi connectivity index (χ4v) is 5.44. The number of carbonyl (C=O) groups is 2. The van der Waals surface area contributed by atoms with Gasteiger partial charge < -0.3 is 9.30 Å². The van der Waals surface area contributed by atoms with E-state index in [0.717, 1.165) is 61.3 Å². The van der Waals surface area contributed by atoms with Crippen molar-refractivity contribution in [2.75, 3.05) is 19.6 Å². The van der Waals surface area contributed by atoms with Gasteiger partial charge in [-0.15, -0.1) is 0 Å². The highest BCUT2D eigenvalue weighted by Gasteiger charge is 2.30. The summed E-state index contributed by atoms with van der Waals surface area (Å²) in [5, 5.41) is 0. The molecule has 4 rings (SSSR count). The maximum absolute atomic E-state index is 13.0. The summed E-state index contributed by atoms with van der Waals surface area (Å²) in [5.74, 6) is 0.140. The number of aromatic nitrogens is 1. The molecular formula is C27H36N2O3. The highest BCUT2D eigenvalue weighted by atomic mass is 16.5. The van der Waals surface area contributed by atoms with Gasteiger partial charge in [0.25, 0.3) is 0 Å². The molecule has 2 heterocycles. The zero-order chi connectivity index (χ0) is 22.5. The van der Waals surface area contributed by atoms with E-state index < -0.39 is 0 Å². The van der Waals surface area contributed by atoms with E-state index in [-0.39, 0.29) is 17.7 Å². The molecule has 1 aromatic carbocycles. The number of benzene rings is 1. The van der Waals surface area contributed by atoms with Crippen molar-refractivity contribution >= 4 is 11.8 Å². The predicted molar refractivity (Wildman–Crippen MR) is 126 cm³/mol. The van der Waals surface area contributed by atoms with Crippen LogP contribution in [0.2, 0.25) is 0 Å². The van der Waals surface area contributed by atoms with Gasteiger partial charge in [0.05, 0.1) is 12.5 Å². The largest absolute Gasteiger partial charge is 0.461 e. The minimum Gasteiger partial charge on any atom is -0.461 e. The molecule has 172 valence electrons. The van der Waals surface area contributed by atoms with E-state index in [9.17, 15) is 9.59 Å². The summed E-state index contributed by atoms with van der Waals surface area (Å²) in [4.78, 5) is 27.8. The lowest BCUT2D eigenvalue weighted by molar-refractivity contribution is -0.151. The molecule has 0 radical (unpaired) electrons. The number of piperidine rings is 1. The van der Waals surface area contributed by atoms with Crippen molar-refractivity contribution in [2.45, 2.75) is 71.4 Å². The van der Waals surface area contributed by atoms with E-state index in [2.05, 4.69) is 29.4 Å². The Morgan fingerprint density at radius 1 is 0.969 bits per heavy atom. The zero-order valence-electron chi connectivity index (χ0n) is 19.5. The first-order valence-corrected chi connectivity index (χ1v) is 12.2. The third-order valence-electron chi connectivity index (χ3n) is 7.22. The van der Waals surface area contributed by atoms with E-state index in [1.807, 2.05) is 30.3 Å². The molecule has 0 spiro atoms. The lowest BCUT2D eigenvalue weighted by atomic mass is 9.85. The van der Waals surface area contributed by atoms with Crippen LogP contribution < -0.4 is 0 Å². The Labute approximate surface area is 191 Å². The van der Waals surface area contributed by atoms with Crippen LogP contribution in [0.15, 0.2) is 36.4 Å². The minimum absolute atomic E-state index is 0.0219. The number of nitrogens with zero attached hydrogens (tertiary/aromatic N) is 2. The summed E-state index contributed by atoms with van der Waals surface area (Å²) in [5.41, 5.74) is 4.13. The lowest BCUT2D eigenvalue weighted by Crippen LogP contribution is -2.34. The molecule has 1 saturated carbocycles. The second kappa shape index (κ2) is 10.5. The number of ketones is 1. The van der Waals surface area contributed by atoms with E-state index >= 15 is 0 Å². The van der Waals surface area contributed by atoms with Crippen molar-refractivity contribution in [2.24, 2.45) is 5.92 Å². The van der Waals surface area contributed by atoms with Crippen molar-refractivity contribution in [3.05, 3.63) is 58.9 Å². The average molecular weight is 437 g/mol. The molecule has 1 saturated heterocycles. The van der Waals surface area contributed by atoms with Gasteiger partial charge in [0.15, 0.2) is 5.78 Å². The second-order valence-electron chi connectivity index (χ2n) is 9.51. The summed E-state index contributed by atoms with van der Waals surface area (Å²) in [7, 11) is 0. The molecular weight excluding hydrogens is 400 g/mol. The van der Waals surface area contributed by atoms with Gasteiger partial charge in [-0.1, -0.05) is 36.8 Å². The van der Waals surface area contributed by atoms with Crippen LogP contribution in [0.1, 0.15) is 78.3 Å². The van der Waals surface area contributed by atoms with E-state index in [1.165, 1.54) is 19.3 Å². The summed E-state index contributed by atoms with van der Waals surface area (Å²) in [6, 6.07) is 12.3. The predicted octanol–water partition coefficient (Wildman–Crippen LogP) is 5.25. The molecule has 32 heavy (non-hydrogen) atoms. The Balaban J connectivity index is 1.33. The molecule has 0 N–H and O–H groups in total. The van der Waals surface area contributed by atoms with Crippen LogP contribution in [-0.4, -0.2) is 40.9 Å². The third-order valence-corrected chi connectivity index (χ3v) is 7.22. The van der Waals surface area contributed by atoms with E-state index in [1.54, 1.807) is 0 Å². The number of hydrogen-bond donors (Lipinski definition) is 0. The monoisotopic (exact) mass is 436 g/mol. The fraction of sp³-hybridized carbons (Fsp3) is 0.556. The standard InChI is InChI=1S/C27H36N2O3/c1-20-17-25(26(30)18-28-15-7-4-8-16-28)21(2)29(20)24-13-11-23(12-14-24)27(31)32-19-22-9-5-3-6-10-22/h3,5-6,9-10,17,23-24H,4,7-8,11-16,18-19H2,1-2H3. The topological polar surface area (TPSA) is 51.5 Å². The number of carbonyl (C=O) groups excluding carboxylic acids is 2. The number of rotatable bonds is 7. The van der Waals surface area contributed by atoms with Gasteiger partial charge in [-0.25, -0.2) is 0 Å². The molecule has 0 amide bonds. The number of likely N-dealkylation sites (tertiary alicyclic amines) is 1. The van der Waals surface area contributed by atoms with Gasteiger partial charge in [-0.2, -0.15) is 0 Å². The van der Waals surface area contributed by atoms with Crippen molar-refractivity contribution in [3.8, 4) is 0 Å². The second-order valence-corrected chi connectivity index (χ2v) is 9.51. The maximum Gasteiger partial charge on any atom is 0.309 e. The van der Waals surface area contributed by atoms with Crippen LogP contribution >= 0.6 is 0 Å². The normalized spacial score (nSPS) is 21.9. The quantitative estimate of drug-likeness (QED) is 0.439. The van der Waals surface area contributed by atoms with Crippen LogP contribution in [0.4, 0.5) is 0 Å². The smallest absolute Gasteiger partial charge is 0.309 e. The lowest BCUT2D eigenvalue weighted by Gasteiger charge is -2.30. The van der Waals surface area contributed by atoms with E-state index in [4.69, 9.17) is 4.74 Å². The average Bonchev–Trinajstić information content (AvgIpc) is 3.13. The van der Waals surface area contributed by atoms with Crippen LogP contribution in [-0.2, 0) is 16.1 Å². The maximum atomic E-state index is 13.0. The van der Waals surface area contributed by atoms with Gasteiger partial charge in [0.1, 0.15) is 6.61 Å². The summed E-state index contributed by atoms with van der Waals surface area (Å²) >= 11 is 0. The highest BCUT2D eigenvalue weighted by molar-refractivity contribution is 5.99. The molecule has 1 aliphatic heterocycles. The Bertz CT molecular complexity index is 920. The number of hydrogen-bond acceptors (Lipinski definition) is 4. The van der Waals surface area contributed by atoms with Crippen molar-refractivity contribution in [1.29, 1.82) is 0 Å².